The minimum Gasteiger partial charge on any atom is -0.497 e. The van der Waals surface area contributed by atoms with Gasteiger partial charge in [-0.3, -0.25) is 0 Å². The van der Waals surface area contributed by atoms with Gasteiger partial charge in [0.15, 0.2) is 0 Å². The predicted octanol–water partition coefficient (Wildman–Crippen LogP) is 5.28. The van der Waals surface area contributed by atoms with E-state index in [0.29, 0.717) is 5.56 Å². The second kappa shape index (κ2) is 7.67. The van der Waals surface area contributed by atoms with Crippen LogP contribution in [0.25, 0.3) is 11.1 Å². The molecule has 3 heteroatoms. The van der Waals surface area contributed by atoms with Crippen LogP contribution in [0, 0.1) is 0 Å². The molecular weight excluding hydrogens is 312 g/mol. The number of ether oxygens (including phenoxy) is 2. The molecule has 0 spiro atoms. The van der Waals surface area contributed by atoms with E-state index < -0.39 is 0 Å². The molecule has 1 unspecified atom stereocenters. The van der Waals surface area contributed by atoms with Crippen molar-refractivity contribution in [3.05, 3.63) is 90.0 Å². The zero-order valence-electron chi connectivity index (χ0n) is 14.3. The van der Waals surface area contributed by atoms with Gasteiger partial charge in [-0.05, 0) is 47.9 Å². The smallest absolute Gasteiger partial charge is 0.338 e. The third kappa shape index (κ3) is 4.07. The van der Waals surface area contributed by atoms with Crippen LogP contribution in [-0.4, -0.2) is 13.1 Å². The first-order valence-corrected chi connectivity index (χ1v) is 8.18. The molecule has 0 fully saturated rings. The van der Waals surface area contributed by atoms with Crippen LogP contribution in [0.5, 0.6) is 5.75 Å². The van der Waals surface area contributed by atoms with Gasteiger partial charge in [0.25, 0.3) is 0 Å². The van der Waals surface area contributed by atoms with Crippen LogP contribution < -0.4 is 4.74 Å². The Kier molecular flexibility index (Phi) is 5.14. The molecule has 0 aliphatic rings. The molecular formula is C22H20O3. The minimum absolute atomic E-state index is 0.282. The van der Waals surface area contributed by atoms with Crippen LogP contribution in [0.15, 0.2) is 78.9 Å². The second-order valence-electron chi connectivity index (χ2n) is 5.76. The van der Waals surface area contributed by atoms with Crippen molar-refractivity contribution in [2.24, 2.45) is 0 Å². The average Bonchev–Trinajstić information content (AvgIpc) is 2.69. The fraction of sp³-hybridized carbons (Fsp3) is 0.136. The molecule has 0 heterocycles. The Morgan fingerprint density at radius 1 is 0.800 bits per heavy atom. The lowest BCUT2D eigenvalue weighted by molar-refractivity contribution is 0.0338. The van der Waals surface area contributed by atoms with Gasteiger partial charge in [0, 0.05) is 0 Å². The Bertz CT molecular complexity index is 821. The number of carbonyl (C=O) groups excluding carboxylic acids is 1. The molecule has 0 radical (unpaired) electrons. The highest BCUT2D eigenvalue weighted by atomic mass is 16.5. The standard InChI is InChI=1S/C22H20O3/c1-16(17-6-4-3-5-7-17)25-22(23)20-10-8-18(9-11-20)19-12-14-21(24-2)15-13-19/h3-16H,1-2H3. The Morgan fingerprint density at radius 3 is 1.92 bits per heavy atom. The summed E-state index contributed by atoms with van der Waals surface area (Å²) in [7, 11) is 1.64. The SMILES string of the molecule is COc1ccc(-c2ccc(C(=O)OC(C)c3ccccc3)cc2)cc1. The summed E-state index contributed by atoms with van der Waals surface area (Å²) in [6, 6.07) is 24.9. The number of carbonyl (C=O) groups is 1. The number of methoxy groups -OCH3 is 1. The van der Waals surface area contributed by atoms with E-state index in [1.807, 2.05) is 73.7 Å². The molecule has 3 aromatic carbocycles. The van der Waals surface area contributed by atoms with Gasteiger partial charge in [0.1, 0.15) is 11.9 Å². The molecule has 1 atom stereocenters. The number of hydrogen-bond donors (Lipinski definition) is 0. The number of hydrogen-bond acceptors (Lipinski definition) is 3. The largest absolute Gasteiger partial charge is 0.497 e. The van der Waals surface area contributed by atoms with Crippen LogP contribution in [0.4, 0.5) is 0 Å². The van der Waals surface area contributed by atoms with E-state index in [-0.39, 0.29) is 12.1 Å². The van der Waals surface area contributed by atoms with Crippen LogP contribution >= 0.6 is 0 Å². The van der Waals surface area contributed by atoms with Gasteiger partial charge >= 0.3 is 5.97 Å². The zero-order valence-corrected chi connectivity index (χ0v) is 14.3. The van der Waals surface area contributed by atoms with Crippen molar-refractivity contribution in [1.82, 2.24) is 0 Å². The molecule has 3 nitrogen and oxygen atoms in total. The summed E-state index contributed by atoms with van der Waals surface area (Å²) in [6.45, 7) is 1.87. The summed E-state index contributed by atoms with van der Waals surface area (Å²) in [5, 5.41) is 0. The third-order valence-corrected chi connectivity index (χ3v) is 4.10. The zero-order chi connectivity index (χ0) is 17.6. The summed E-state index contributed by atoms with van der Waals surface area (Å²) >= 11 is 0. The molecule has 0 amide bonds. The quantitative estimate of drug-likeness (QED) is 0.596. The average molecular weight is 332 g/mol. The van der Waals surface area contributed by atoms with Gasteiger partial charge in [0.05, 0.1) is 12.7 Å². The molecule has 3 aromatic rings. The second-order valence-corrected chi connectivity index (χ2v) is 5.76. The molecule has 126 valence electrons. The Morgan fingerprint density at radius 2 is 1.36 bits per heavy atom. The first-order valence-electron chi connectivity index (χ1n) is 8.18. The van der Waals surface area contributed by atoms with Crippen molar-refractivity contribution in [3.63, 3.8) is 0 Å². The third-order valence-electron chi connectivity index (χ3n) is 4.10. The van der Waals surface area contributed by atoms with E-state index in [0.717, 1.165) is 22.4 Å². The Labute approximate surface area is 147 Å². The molecule has 0 saturated heterocycles. The molecule has 0 aliphatic carbocycles. The van der Waals surface area contributed by atoms with Gasteiger partial charge in [0.2, 0.25) is 0 Å². The summed E-state index contributed by atoms with van der Waals surface area (Å²) in [4.78, 5) is 12.3. The predicted molar refractivity (Wildman–Crippen MR) is 98.7 cm³/mol. The molecule has 0 aromatic heterocycles. The Hall–Kier alpha value is -3.07. The molecule has 0 aliphatic heterocycles. The maximum atomic E-state index is 12.3. The van der Waals surface area contributed by atoms with E-state index in [9.17, 15) is 4.79 Å². The van der Waals surface area contributed by atoms with Crippen LogP contribution in [0.2, 0.25) is 0 Å². The highest BCUT2D eigenvalue weighted by Crippen LogP contribution is 2.24. The van der Waals surface area contributed by atoms with Crippen molar-refractivity contribution in [2.45, 2.75) is 13.0 Å². The molecule has 0 saturated carbocycles. The van der Waals surface area contributed by atoms with E-state index >= 15 is 0 Å². The summed E-state index contributed by atoms with van der Waals surface area (Å²) in [6.07, 6.45) is -0.282. The van der Waals surface area contributed by atoms with Crippen molar-refractivity contribution in [2.75, 3.05) is 7.11 Å². The molecule has 25 heavy (non-hydrogen) atoms. The molecule has 3 rings (SSSR count). The fourth-order valence-corrected chi connectivity index (χ4v) is 2.60. The molecule has 0 N–H and O–H groups in total. The van der Waals surface area contributed by atoms with Crippen LogP contribution in [-0.2, 0) is 4.74 Å². The maximum Gasteiger partial charge on any atom is 0.338 e. The van der Waals surface area contributed by atoms with Gasteiger partial charge in [-0.25, -0.2) is 4.79 Å². The summed E-state index contributed by atoms with van der Waals surface area (Å²) in [5.41, 5.74) is 3.62. The van der Waals surface area contributed by atoms with E-state index in [4.69, 9.17) is 9.47 Å². The summed E-state index contributed by atoms with van der Waals surface area (Å²) in [5.74, 6) is 0.497. The highest BCUT2D eigenvalue weighted by Gasteiger charge is 2.13. The highest BCUT2D eigenvalue weighted by molar-refractivity contribution is 5.90. The number of rotatable bonds is 5. The van der Waals surface area contributed by atoms with E-state index in [1.165, 1.54) is 0 Å². The topological polar surface area (TPSA) is 35.5 Å². The monoisotopic (exact) mass is 332 g/mol. The first kappa shape index (κ1) is 16.8. The van der Waals surface area contributed by atoms with Crippen molar-refractivity contribution < 1.29 is 14.3 Å². The van der Waals surface area contributed by atoms with Gasteiger partial charge in [-0.1, -0.05) is 54.6 Å². The van der Waals surface area contributed by atoms with Gasteiger partial charge in [-0.2, -0.15) is 0 Å². The van der Waals surface area contributed by atoms with Gasteiger partial charge < -0.3 is 9.47 Å². The first-order chi connectivity index (χ1) is 12.2. The lowest BCUT2D eigenvalue weighted by Gasteiger charge is -2.13. The Balaban J connectivity index is 1.70. The van der Waals surface area contributed by atoms with Crippen LogP contribution in [0.1, 0.15) is 28.9 Å². The summed E-state index contributed by atoms with van der Waals surface area (Å²) < 4.78 is 10.7. The normalized spacial score (nSPS) is 11.6. The maximum absolute atomic E-state index is 12.3. The minimum atomic E-state index is -0.322. The van der Waals surface area contributed by atoms with Crippen molar-refractivity contribution in [1.29, 1.82) is 0 Å². The number of esters is 1. The lowest BCUT2D eigenvalue weighted by Crippen LogP contribution is -2.09. The van der Waals surface area contributed by atoms with E-state index in [2.05, 4.69) is 0 Å². The van der Waals surface area contributed by atoms with Crippen molar-refractivity contribution >= 4 is 5.97 Å². The van der Waals surface area contributed by atoms with Gasteiger partial charge in [-0.15, -0.1) is 0 Å². The fourth-order valence-electron chi connectivity index (χ4n) is 2.60. The molecule has 0 bridgehead atoms. The van der Waals surface area contributed by atoms with Crippen LogP contribution in [0.3, 0.4) is 0 Å². The lowest BCUT2D eigenvalue weighted by atomic mass is 10.0. The number of benzene rings is 3. The van der Waals surface area contributed by atoms with Crippen molar-refractivity contribution in [3.8, 4) is 16.9 Å². The van der Waals surface area contributed by atoms with E-state index in [1.54, 1.807) is 19.2 Å².